The maximum absolute atomic E-state index is 12.9. The van der Waals surface area contributed by atoms with Crippen molar-refractivity contribution in [2.45, 2.75) is 11.8 Å². The average molecular weight is 496 g/mol. The van der Waals surface area contributed by atoms with Gasteiger partial charge < -0.3 is 14.5 Å². The van der Waals surface area contributed by atoms with Crippen molar-refractivity contribution in [1.29, 1.82) is 0 Å². The fourth-order valence-electron chi connectivity index (χ4n) is 3.64. The first kappa shape index (κ1) is 24.1. The molecule has 0 unspecified atom stereocenters. The van der Waals surface area contributed by atoms with Crippen LogP contribution in [0.3, 0.4) is 0 Å². The average Bonchev–Trinajstić information content (AvgIpc) is 2.89. The van der Waals surface area contributed by atoms with Gasteiger partial charge in [0.05, 0.1) is 17.7 Å². The van der Waals surface area contributed by atoms with E-state index in [4.69, 9.17) is 4.74 Å². The molecule has 3 aromatic rings. The van der Waals surface area contributed by atoms with E-state index in [1.54, 1.807) is 46.2 Å². The van der Waals surface area contributed by atoms with Crippen molar-refractivity contribution in [2.75, 3.05) is 37.5 Å². The van der Waals surface area contributed by atoms with Gasteiger partial charge in [-0.3, -0.25) is 19.3 Å². The van der Waals surface area contributed by atoms with Gasteiger partial charge in [0.25, 0.3) is 21.8 Å². The molecule has 1 fully saturated rings. The molecule has 0 atom stereocenters. The standard InChI is InChI=1S/C24H25N5O5S/c1-2-34-20-7-9-21(10-8-20)35(32,33)27-19-5-3-18(4-6-19)23(30)28-13-15-29(16-14-28)24(31)22-17-25-11-12-26-22/h3-12,17,27H,2,13-16H2,1H3. The van der Waals surface area contributed by atoms with E-state index in [0.717, 1.165) is 0 Å². The third-order valence-electron chi connectivity index (χ3n) is 5.47. The monoisotopic (exact) mass is 495 g/mol. The van der Waals surface area contributed by atoms with E-state index in [9.17, 15) is 18.0 Å². The smallest absolute Gasteiger partial charge is 0.274 e. The molecule has 182 valence electrons. The largest absolute Gasteiger partial charge is 0.494 e. The number of aromatic nitrogens is 2. The normalized spacial score (nSPS) is 13.9. The van der Waals surface area contributed by atoms with Crippen LogP contribution >= 0.6 is 0 Å². The highest BCUT2D eigenvalue weighted by atomic mass is 32.2. The number of carbonyl (C=O) groups is 2. The highest BCUT2D eigenvalue weighted by Gasteiger charge is 2.26. The predicted octanol–water partition coefficient (Wildman–Crippen LogP) is 2.27. The van der Waals surface area contributed by atoms with Crippen LogP contribution in [0.15, 0.2) is 72.0 Å². The van der Waals surface area contributed by atoms with Crippen LogP contribution in [0.25, 0.3) is 0 Å². The van der Waals surface area contributed by atoms with Gasteiger partial charge in [-0.15, -0.1) is 0 Å². The molecule has 4 rings (SSSR count). The molecule has 0 bridgehead atoms. The zero-order valence-electron chi connectivity index (χ0n) is 19.1. The van der Waals surface area contributed by atoms with Gasteiger partial charge in [0, 0.05) is 49.8 Å². The molecule has 0 spiro atoms. The summed E-state index contributed by atoms with van der Waals surface area (Å²) in [6.07, 6.45) is 4.39. The van der Waals surface area contributed by atoms with Gasteiger partial charge in [-0.2, -0.15) is 0 Å². The molecule has 0 aliphatic carbocycles. The molecular formula is C24H25N5O5S. The van der Waals surface area contributed by atoms with Crippen molar-refractivity contribution in [2.24, 2.45) is 0 Å². The Labute approximate surface area is 203 Å². The lowest BCUT2D eigenvalue weighted by Crippen LogP contribution is -2.50. The highest BCUT2D eigenvalue weighted by molar-refractivity contribution is 7.92. The van der Waals surface area contributed by atoms with Crippen molar-refractivity contribution in [1.82, 2.24) is 19.8 Å². The maximum Gasteiger partial charge on any atom is 0.274 e. The summed E-state index contributed by atoms with van der Waals surface area (Å²) < 4.78 is 33.2. The van der Waals surface area contributed by atoms with Crippen LogP contribution in [0.1, 0.15) is 27.8 Å². The van der Waals surface area contributed by atoms with Gasteiger partial charge >= 0.3 is 0 Å². The first-order valence-electron chi connectivity index (χ1n) is 11.1. The highest BCUT2D eigenvalue weighted by Crippen LogP contribution is 2.20. The topological polar surface area (TPSA) is 122 Å². The summed E-state index contributed by atoms with van der Waals surface area (Å²) in [5.41, 5.74) is 1.05. The van der Waals surface area contributed by atoms with Gasteiger partial charge in [-0.25, -0.2) is 13.4 Å². The molecule has 1 aliphatic rings. The van der Waals surface area contributed by atoms with Gasteiger partial charge in [0.15, 0.2) is 0 Å². The number of piperazine rings is 1. The fourth-order valence-corrected chi connectivity index (χ4v) is 4.70. The lowest BCUT2D eigenvalue weighted by molar-refractivity contribution is 0.0532. The summed E-state index contributed by atoms with van der Waals surface area (Å²) in [6.45, 7) is 3.89. The Morgan fingerprint density at radius 1 is 0.914 bits per heavy atom. The number of amides is 2. The van der Waals surface area contributed by atoms with Gasteiger partial charge in [-0.1, -0.05) is 0 Å². The van der Waals surface area contributed by atoms with E-state index >= 15 is 0 Å². The number of ether oxygens (including phenoxy) is 1. The summed E-state index contributed by atoms with van der Waals surface area (Å²) in [5, 5.41) is 0. The number of nitrogens with one attached hydrogen (secondary N) is 1. The second-order valence-electron chi connectivity index (χ2n) is 7.76. The lowest BCUT2D eigenvalue weighted by Gasteiger charge is -2.34. The first-order valence-corrected chi connectivity index (χ1v) is 12.6. The number of anilines is 1. The van der Waals surface area contributed by atoms with Crippen LogP contribution in [-0.4, -0.2) is 72.8 Å². The lowest BCUT2D eigenvalue weighted by atomic mass is 10.1. The van der Waals surface area contributed by atoms with Crippen LogP contribution in [-0.2, 0) is 10.0 Å². The molecule has 35 heavy (non-hydrogen) atoms. The molecule has 1 saturated heterocycles. The molecule has 1 aliphatic heterocycles. The summed E-state index contributed by atoms with van der Waals surface area (Å²) >= 11 is 0. The van der Waals surface area contributed by atoms with Crippen molar-refractivity contribution >= 4 is 27.5 Å². The number of hydrogen-bond acceptors (Lipinski definition) is 7. The molecule has 11 heteroatoms. The van der Waals surface area contributed by atoms with E-state index in [0.29, 0.717) is 49.8 Å². The SMILES string of the molecule is CCOc1ccc(S(=O)(=O)Nc2ccc(C(=O)N3CCN(C(=O)c4cnccn4)CC3)cc2)cc1. The Bertz CT molecular complexity index is 1270. The molecule has 2 heterocycles. The second kappa shape index (κ2) is 10.5. The van der Waals surface area contributed by atoms with E-state index in [1.807, 2.05) is 6.92 Å². The Kier molecular flexibility index (Phi) is 7.25. The zero-order valence-corrected chi connectivity index (χ0v) is 19.9. The minimum Gasteiger partial charge on any atom is -0.494 e. The number of sulfonamides is 1. The number of nitrogens with zero attached hydrogens (tertiary/aromatic N) is 4. The number of rotatable bonds is 7. The summed E-state index contributed by atoms with van der Waals surface area (Å²) in [6, 6.07) is 12.4. The van der Waals surface area contributed by atoms with E-state index in [1.165, 1.54) is 30.7 Å². The van der Waals surface area contributed by atoms with E-state index in [-0.39, 0.29) is 22.4 Å². The van der Waals surface area contributed by atoms with Crippen molar-refractivity contribution < 1.29 is 22.7 Å². The summed E-state index contributed by atoms with van der Waals surface area (Å²) in [7, 11) is -3.78. The fraction of sp³-hybridized carbons (Fsp3) is 0.250. The quantitative estimate of drug-likeness (QED) is 0.534. The van der Waals surface area contributed by atoms with Crippen molar-refractivity contribution in [3.8, 4) is 5.75 Å². The minimum absolute atomic E-state index is 0.106. The second-order valence-corrected chi connectivity index (χ2v) is 9.44. The van der Waals surface area contributed by atoms with Crippen LogP contribution in [0.5, 0.6) is 5.75 Å². The molecule has 2 aromatic carbocycles. The molecule has 1 N–H and O–H groups in total. The molecule has 0 saturated carbocycles. The molecule has 0 radical (unpaired) electrons. The van der Waals surface area contributed by atoms with Gasteiger partial charge in [0.1, 0.15) is 11.4 Å². The minimum atomic E-state index is -3.78. The Hall–Kier alpha value is -3.99. The predicted molar refractivity (Wildman–Crippen MR) is 129 cm³/mol. The summed E-state index contributed by atoms with van der Waals surface area (Å²) in [4.78, 5) is 36.8. The molecule has 1 aromatic heterocycles. The van der Waals surface area contributed by atoms with Crippen LogP contribution in [0.4, 0.5) is 5.69 Å². The first-order chi connectivity index (χ1) is 16.9. The van der Waals surface area contributed by atoms with E-state index < -0.39 is 10.0 Å². The van der Waals surface area contributed by atoms with Crippen molar-refractivity contribution in [3.05, 3.63) is 78.4 Å². The van der Waals surface area contributed by atoms with Crippen LogP contribution in [0, 0.1) is 0 Å². The molecular weight excluding hydrogens is 470 g/mol. The Balaban J connectivity index is 1.34. The Morgan fingerprint density at radius 2 is 1.54 bits per heavy atom. The maximum atomic E-state index is 12.9. The van der Waals surface area contributed by atoms with Crippen LogP contribution in [0.2, 0.25) is 0 Å². The molecule has 2 amide bonds. The summed E-state index contributed by atoms with van der Waals surface area (Å²) in [5.74, 6) is 0.195. The third-order valence-corrected chi connectivity index (χ3v) is 6.86. The number of benzene rings is 2. The molecule has 10 nitrogen and oxygen atoms in total. The Morgan fingerprint density at radius 3 is 2.11 bits per heavy atom. The van der Waals surface area contributed by atoms with E-state index in [2.05, 4.69) is 14.7 Å². The zero-order chi connectivity index (χ0) is 24.8. The van der Waals surface area contributed by atoms with Gasteiger partial charge in [0.2, 0.25) is 0 Å². The third kappa shape index (κ3) is 5.75. The van der Waals surface area contributed by atoms with Crippen molar-refractivity contribution in [3.63, 3.8) is 0 Å². The van der Waals surface area contributed by atoms with Gasteiger partial charge in [-0.05, 0) is 55.5 Å². The number of hydrogen-bond donors (Lipinski definition) is 1. The van der Waals surface area contributed by atoms with Crippen LogP contribution < -0.4 is 9.46 Å². The number of carbonyl (C=O) groups excluding carboxylic acids is 2.